The molecule has 0 saturated carbocycles. The Labute approximate surface area is 153 Å². The molecule has 2 aromatic heterocycles. The summed E-state index contributed by atoms with van der Waals surface area (Å²) in [4.78, 5) is 21.0. The maximum absolute atomic E-state index is 13.0. The molecule has 134 valence electrons. The Morgan fingerprint density at radius 1 is 1.15 bits per heavy atom. The van der Waals surface area contributed by atoms with Gasteiger partial charge in [-0.15, -0.1) is 0 Å². The van der Waals surface area contributed by atoms with Crippen LogP contribution in [0.1, 0.15) is 10.4 Å². The Bertz CT molecular complexity index is 1120. The molecule has 0 radical (unpaired) electrons. The lowest BCUT2D eigenvalue weighted by Gasteiger charge is -2.04. The van der Waals surface area contributed by atoms with Gasteiger partial charge in [0.05, 0.1) is 12.7 Å². The number of rotatable bonds is 4. The van der Waals surface area contributed by atoms with E-state index in [1.165, 1.54) is 31.4 Å². The zero-order valence-electron chi connectivity index (χ0n) is 14.3. The van der Waals surface area contributed by atoms with Gasteiger partial charge in [0, 0.05) is 17.4 Å². The highest BCUT2D eigenvalue weighted by molar-refractivity contribution is 6.05. The molecule has 0 spiro atoms. The van der Waals surface area contributed by atoms with Crippen molar-refractivity contribution in [3.63, 3.8) is 0 Å². The molecule has 7 heteroatoms. The van der Waals surface area contributed by atoms with Crippen LogP contribution < -0.4 is 10.1 Å². The third-order valence-electron chi connectivity index (χ3n) is 3.95. The van der Waals surface area contributed by atoms with Gasteiger partial charge in [-0.05, 0) is 54.6 Å². The lowest BCUT2D eigenvalue weighted by molar-refractivity contribution is 0.102. The first-order valence-electron chi connectivity index (χ1n) is 8.11. The first kappa shape index (κ1) is 16.7. The number of carbonyl (C=O) groups excluding carboxylic acids is 1. The highest BCUT2D eigenvalue weighted by Crippen LogP contribution is 2.30. The first-order valence-corrected chi connectivity index (χ1v) is 8.11. The smallest absolute Gasteiger partial charge is 0.255 e. The summed E-state index contributed by atoms with van der Waals surface area (Å²) in [6, 6.07) is 14.0. The topological polar surface area (TPSA) is 77.2 Å². The van der Waals surface area contributed by atoms with Gasteiger partial charge in [-0.1, -0.05) is 0 Å². The fourth-order valence-electron chi connectivity index (χ4n) is 2.64. The second-order valence-electron chi connectivity index (χ2n) is 5.72. The summed E-state index contributed by atoms with van der Waals surface area (Å²) in [6.07, 6.45) is 1.61. The molecule has 1 amide bonds. The van der Waals surface area contributed by atoms with Gasteiger partial charge in [0.25, 0.3) is 5.91 Å². The summed E-state index contributed by atoms with van der Waals surface area (Å²) < 4.78 is 24.0. The van der Waals surface area contributed by atoms with E-state index in [1.54, 1.807) is 36.5 Å². The zero-order chi connectivity index (χ0) is 18.8. The number of nitrogens with zero attached hydrogens (tertiary/aromatic N) is 2. The Balaban J connectivity index is 1.64. The molecule has 2 heterocycles. The molecule has 1 N–H and O–H groups in total. The number of anilines is 1. The van der Waals surface area contributed by atoms with Gasteiger partial charge >= 0.3 is 0 Å². The summed E-state index contributed by atoms with van der Waals surface area (Å²) in [7, 11) is 1.52. The number of pyridine rings is 1. The van der Waals surface area contributed by atoms with Crippen molar-refractivity contribution in [1.82, 2.24) is 9.97 Å². The number of halogens is 1. The highest BCUT2D eigenvalue weighted by atomic mass is 19.1. The van der Waals surface area contributed by atoms with Crippen LogP contribution in [-0.2, 0) is 0 Å². The number of nitrogens with one attached hydrogen (secondary N) is 1. The number of methoxy groups -OCH3 is 1. The number of hydrogen-bond donors (Lipinski definition) is 1. The van der Waals surface area contributed by atoms with E-state index in [1.807, 2.05) is 0 Å². The molecule has 27 heavy (non-hydrogen) atoms. The van der Waals surface area contributed by atoms with Crippen molar-refractivity contribution < 1.29 is 18.3 Å². The Morgan fingerprint density at radius 2 is 1.96 bits per heavy atom. The second kappa shape index (κ2) is 6.87. The number of aromatic nitrogens is 2. The van der Waals surface area contributed by atoms with E-state index in [0.717, 1.165) is 0 Å². The van der Waals surface area contributed by atoms with E-state index in [4.69, 9.17) is 9.15 Å². The number of fused-ring (bicyclic) bond motifs is 1. The van der Waals surface area contributed by atoms with Crippen molar-refractivity contribution in [3.8, 4) is 17.3 Å². The summed E-state index contributed by atoms with van der Waals surface area (Å²) in [6.45, 7) is 0. The number of ether oxygens (including phenoxy) is 1. The van der Waals surface area contributed by atoms with Crippen molar-refractivity contribution in [2.45, 2.75) is 0 Å². The maximum atomic E-state index is 13.0. The van der Waals surface area contributed by atoms with Crippen LogP contribution in [0.4, 0.5) is 10.1 Å². The number of hydrogen-bond acceptors (Lipinski definition) is 5. The zero-order valence-corrected chi connectivity index (χ0v) is 14.3. The average Bonchev–Trinajstić information content (AvgIpc) is 3.12. The fourth-order valence-corrected chi connectivity index (χ4v) is 2.64. The van der Waals surface area contributed by atoms with Crippen molar-refractivity contribution in [2.75, 3.05) is 12.4 Å². The fraction of sp³-hybridized carbons (Fsp3) is 0.0500. The van der Waals surface area contributed by atoms with Gasteiger partial charge in [0.1, 0.15) is 11.3 Å². The van der Waals surface area contributed by atoms with E-state index in [0.29, 0.717) is 39.7 Å². The predicted octanol–water partition coefficient (Wildman–Crippen LogP) is 4.29. The van der Waals surface area contributed by atoms with Crippen molar-refractivity contribution in [2.24, 2.45) is 0 Å². The number of carbonyl (C=O) groups is 1. The van der Waals surface area contributed by atoms with E-state index in [2.05, 4.69) is 15.3 Å². The SMILES string of the molecule is COc1ncccc1-c1nc2cc(C(=O)Nc3ccc(F)cc3)ccc2o1. The number of amides is 1. The summed E-state index contributed by atoms with van der Waals surface area (Å²) in [5, 5.41) is 2.71. The van der Waals surface area contributed by atoms with Gasteiger partial charge in [-0.25, -0.2) is 14.4 Å². The molecule has 2 aromatic carbocycles. The average molecular weight is 363 g/mol. The molecule has 4 rings (SSSR count). The van der Waals surface area contributed by atoms with E-state index in [9.17, 15) is 9.18 Å². The van der Waals surface area contributed by atoms with Gasteiger partial charge in [0.2, 0.25) is 11.8 Å². The highest BCUT2D eigenvalue weighted by Gasteiger charge is 2.15. The standard InChI is InChI=1S/C20H14FN3O3/c1-26-19-15(3-2-10-22-19)20-24-16-11-12(4-9-17(16)27-20)18(25)23-14-7-5-13(21)6-8-14/h2-11H,1H3,(H,23,25). The number of benzene rings is 2. The maximum Gasteiger partial charge on any atom is 0.255 e. The molecule has 6 nitrogen and oxygen atoms in total. The lowest BCUT2D eigenvalue weighted by Crippen LogP contribution is -2.11. The third-order valence-corrected chi connectivity index (χ3v) is 3.95. The monoisotopic (exact) mass is 363 g/mol. The summed E-state index contributed by atoms with van der Waals surface area (Å²) in [5.41, 5.74) is 2.60. The third kappa shape index (κ3) is 3.35. The van der Waals surface area contributed by atoms with Gasteiger partial charge in [-0.3, -0.25) is 4.79 Å². The summed E-state index contributed by atoms with van der Waals surface area (Å²) in [5.74, 6) is 0.0618. The minimum absolute atomic E-state index is 0.327. The van der Waals surface area contributed by atoms with Crippen LogP contribution in [0.25, 0.3) is 22.6 Å². The van der Waals surface area contributed by atoms with Gasteiger partial charge < -0.3 is 14.5 Å². The van der Waals surface area contributed by atoms with Crippen LogP contribution in [0.3, 0.4) is 0 Å². The molecule has 0 saturated heterocycles. The normalized spacial score (nSPS) is 10.7. The van der Waals surface area contributed by atoms with Crippen LogP contribution in [0.5, 0.6) is 5.88 Å². The van der Waals surface area contributed by atoms with E-state index in [-0.39, 0.29) is 11.7 Å². The Morgan fingerprint density at radius 3 is 2.74 bits per heavy atom. The van der Waals surface area contributed by atoms with Crippen LogP contribution >= 0.6 is 0 Å². The van der Waals surface area contributed by atoms with Crippen LogP contribution in [0.2, 0.25) is 0 Å². The second-order valence-corrected chi connectivity index (χ2v) is 5.72. The van der Waals surface area contributed by atoms with E-state index >= 15 is 0 Å². The van der Waals surface area contributed by atoms with E-state index < -0.39 is 0 Å². The molecule has 0 aliphatic carbocycles. The molecular weight excluding hydrogens is 349 g/mol. The lowest BCUT2D eigenvalue weighted by atomic mass is 10.2. The quantitative estimate of drug-likeness (QED) is 0.585. The van der Waals surface area contributed by atoms with Gasteiger partial charge in [0.15, 0.2) is 5.58 Å². The molecule has 0 aliphatic rings. The molecular formula is C20H14FN3O3. The van der Waals surface area contributed by atoms with Crippen molar-refractivity contribution >= 4 is 22.7 Å². The molecule has 0 aliphatic heterocycles. The predicted molar refractivity (Wildman–Crippen MR) is 98.1 cm³/mol. The van der Waals surface area contributed by atoms with Gasteiger partial charge in [-0.2, -0.15) is 0 Å². The largest absolute Gasteiger partial charge is 0.480 e. The van der Waals surface area contributed by atoms with Crippen LogP contribution in [-0.4, -0.2) is 23.0 Å². The van der Waals surface area contributed by atoms with Crippen LogP contribution in [0, 0.1) is 5.82 Å². The van der Waals surface area contributed by atoms with Crippen molar-refractivity contribution in [3.05, 3.63) is 72.2 Å². The minimum Gasteiger partial charge on any atom is -0.480 e. The first-order chi connectivity index (χ1) is 13.1. The molecule has 4 aromatic rings. The summed E-state index contributed by atoms with van der Waals surface area (Å²) >= 11 is 0. The molecule has 0 unspecified atom stereocenters. The Kier molecular flexibility index (Phi) is 4.25. The molecule has 0 atom stereocenters. The Hall–Kier alpha value is -3.74. The molecule has 0 bridgehead atoms. The van der Waals surface area contributed by atoms with Crippen LogP contribution in [0.15, 0.2) is 65.2 Å². The number of oxazole rings is 1. The molecule has 0 fully saturated rings. The van der Waals surface area contributed by atoms with Crippen molar-refractivity contribution in [1.29, 1.82) is 0 Å². The minimum atomic E-state index is -0.365.